The van der Waals surface area contributed by atoms with Crippen molar-refractivity contribution < 1.29 is 14.7 Å². The minimum Gasteiger partial charge on any atom is -0.479 e. The number of likely N-dealkylation sites (tertiary alicyclic amines) is 1. The van der Waals surface area contributed by atoms with Crippen LogP contribution in [0.4, 0.5) is 0 Å². The second-order valence-electron chi connectivity index (χ2n) is 5.35. The Morgan fingerprint density at radius 1 is 1.52 bits per heavy atom. The summed E-state index contributed by atoms with van der Waals surface area (Å²) in [4.78, 5) is 25.6. The van der Waals surface area contributed by atoms with Crippen molar-refractivity contribution in [2.45, 2.75) is 51.2 Å². The van der Waals surface area contributed by atoms with Crippen molar-refractivity contribution in [2.24, 2.45) is 5.73 Å². The Kier molecular flexibility index (Phi) is 4.56. The fourth-order valence-corrected chi connectivity index (χ4v) is 2.98. The second-order valence-corrected chi connectivity index (χ2v) is 5.35. The Bertz CT molecular complexity index is 530. The number of nitrogens with zero attached hydrogens (tertiary/aromatic N) is 4. The minimum atomic E-state index is -1.07. The lowest BCUT2D eigenvalue weighted by Crippen LogP contribution is -2.53. The Morgan fingerprint density at radius 3 is 2.86 bits per heavy atom. The number of carbonyl (C=O) groups is 2. The van der Waals surface area contributed by atoms with Gasteiger partial charge in [-0.1, -0.05) is 18.6 Å². The molecule has 0 radical (unpaired) electrons. The molecule has 1 unspecified atom stereocenters. The first-order valence-corrected chi connectivity index (χ1v) is 7.16. The molecule has 1 aliphatic rings. The van der Waals surface area contributed by atoms with Gasteiger partial charge in [0.25, 0.3) is 0 Å². The summed E-state index contributed by atoms with van der Waals surface area (Å²) in [6.45, 7) is 2.65. The fraction of sp³-hybridized carbons (Fsp3) is 0.692. The predicted molar refractivity (Wildman–Crippen MR) is 74.1 cm³/mol. The molecule has 0 saturated carbocycles. The monoisotopic (exact) mass is 295 g/mol. The zero-order valence-electron chi connectivity index (χ0n) is 12.2. The summed E-state index contributed by atoms with van der Waals surface area (Å²) in [7, 11) is 0. The molecule has 0 aromatic carbocycles. The van der Waals surface area contributed by atoms with E-state index in [2.05, 4.69) is 10.3 Å². The van der Waals surface area contributed by atoms with Gasteiger partial charge in [-0.2, -0.15) is 0 Å². The summed E-state index contributed by atoms with van der Waals surface area (Å²) < 4.78 is 1.40. The maximum atomic E-state index is 12.4. The largest absolute Gasteiger partial charge is 0.479 e. The lowest BCUT2D eigenvalue weighted by molar-refractivity contribution is -0.157. The van der Waals surface area contributed by atoms with Crippen molar-refractivity contribution in [3.05, 3.63) is 11.9 Å². The van der Waals surface area contributed by atoms with Crippen LogP contribution in [0.15, 0.2) is 6.20 Å². The van der Waals surface area contributed by atoms with E-state index in [1.807, 2.05) is 6.92 Å². The van der Waals surface area contributed by atoms with Crippen LogP contribution < -0.4 is 5.73 Å². The summed E-state index contributed by atoms with van der Waals surface area (Å²) in [5.41, 5.74) is 4.98. The number of carboxylic acids is 1. The van der Waals surface area contributed by atoms with Gasteiger partial charge in [0.15, 0.2) is 0 Å². The smallest absolute Gasteiger partial charge is 0.329 e. The molecule has 1 saturated heterocycles. The number of amides is 1. The molecule has 1 aromatic heterocycles. The Labute approximate surface area is 122 Å². The fourth-order valence-electron chi connectivity index (χ4n) is 2.98. The third kappa shape index (κ3) is 2.90. The molecular weight excluding hydrogens is 274 g/mol. The first-order chi connectivity index (χ1) is 10.0. The Morgan fingerprint density at radius 2 is 2.29 bits per heavy atom. The van der Waals surface area contributed by atoms with Crippen LogP contribution in [0, 0.1) is 0 Å². The number of carbonyl (C=O) groups excluding carboxylic acids is 1. The zero-order chi connectivity index (χ0) is 15.5. The molecular formula is C13H21N5O3. The maximum absolute atomic E-state index is 12.4. The molecule has 2 rings (SSSR count). The zero-order valence-corrected chi connectivity index (χ0v) is 12.2. The molecule has 3 N–H and O–H groups in total. The molecule has 1 atom stereocenters. The third-order valence-electron chi connectivity index (χ3n) is 3.94. The van der Waals surface area contributed by atoms with Crippen LogP contribution in [0.25, 0.3) is 0 Å². The van der Waals surface area contributed by atoms with Gasteiger partial charge in [-0.3, -0.25) is 4.79 Å². The third-order valence-corrected chi connectivity index (χ3v) is 3.94. The summed E-state index contributed by atoms with van der Waals surface area (Å²) >= 11 is 0. The molecule has 21 heavy (non-hydrogen) atoms. The highest BCUT2D eigenvalue weighted by Gasteiger charge is 2.48. The van der Waals surface area contributed by atoms with Crippen molar-refractivity contribution >= 4 is 11.9 Å². The van der Waals surface area contributed by atoms with Crippen LogP contribution in [-0.2, 0) is 22.7 Å². The highest BCUT2D eigenvalue weighted by molar-refractivity contribution is 5.87. The number of nitrogens with two attached hydrogens (primary N) is 1. The molecule has 1 fully saturated rings. The first-order valence-electron chi connectivity index (χ1n) is 7.16. The Hall–Kier alpha value is -1.96. The average Bonchev–Trinajstić information content (AvgIpc) is 3.06. The van der Waals surface area contributed by atoms with E-state index in [1.165, 1.54) is 9.58 Å². The Balaban J connectivity index is 2.14. The van der Waals surface area contributed by atoms with Crippen LogP contribution >= 0.6 is 0 Å². The average molecular weight is 295 g/mol. The van der Waals surface area contributed by atoms with Crippen molar-refractivity contribution in [3.8, 4) is 0 Å². The summed E-state index contributed by atoms with van der Waals surface area (Å²) in [5, 5.41) is 17.2. The van der Waals surface area contributed by atoms with Crippen molar-refractivity contribution in [1.29, 1.82) is 0 Å². The van der Waals surface area contributed by atoms with Crippen LogP contribution in [-0.4, -0.2) is 49.0 Å². The van der Waals surface area contributed by atoms with E-state index in [4.69, 9.17) is 5.73 Å². The van der Waals surface area contributed by atoms with Crippen LogP contribution in [0.5, 0.6) is 0 Å². The van der Waals surface area contributed by atoms with Gasteiger partial charge < -0.3 is 15.7 Å². The van der Waals surface area contributed by atoms with Gasteiger partial charge >= 0.3 is 5.97 Å². The number of hydrogen-bond donors (Lipinski definition) is 2. The number of aromatic nitrogens is 3. The molecule has 8 heteroatoms. The SMILES string of the molecule is CCCC1(C(=O)O)CCCN1C(=O)Cn1cc(CN)nn1. The molecule has 1 amide bonds. The lowest BCUT2D eigenvalue weighted by atomic mass is 9.90. The quantitative estimate of drug-likeness (QED) is 0.762. The van der Waals surface area contributed by atoms with Crippen LogP contribution in [0.2, 0.25) is 0 Å². The summed E-state index contributed by atoms with van der Waals surface area (Å²) in [6, 6.07) is 0. The minimum absolute atomic E-state index is 0.00819. The van der Waals surface area contributed by atoms with E-state index in [0.29, 0.717) is 31.5 Å². The molecule has 8 nitrogen and oxygen atoms in total. The van der Waals surface area contributed by atoms with Crippen LogP contribution in [0.1, 0.15) is 38.3 Å². The van der Waals surface area contributed by atoms with E-state index in [1.54, 1.807) is 6.20 Å². The first kappa shape index (κ1) is 15.4. The molecule has 0 aliphatic carbocycles. The van der Waals surface area contributed by atoms with Gasteiger partial charge in [-0.25, -0.2) is 9.48 Å². The second kappa shape index (κ2) is 6.21. The molecule has 1 aromatic rings. The van der Waals surface area contributed by atoms with E-state index in [0.717, 1.165) is 6.42 Å². The topological polar surface area (TPSA) is 114 Å². The summed E-state index contributed by atoms with van der Waals surface area (Å²) in [5.74, 6) is -1.16. The highest BCUT2D eigenvalue weighted by atomic mass is 16.4. The van der Waals surface area contributed by atoms with Gasteiger partial charge in [0.2, 0.25) is 5.91 Å². The standard InChI is InChI=1S/C13H21N5O3/c1-2-4-13(12(20)21)5-3-6-18(13)11(19)9-17-8-10(7-14)15-16-17/h8H,2-7,9,14H2,1H3,(H,20,21). The van der Waals surface area contributed by atoms with E-state index >= 15 is 0 Å². The van der Waals surface area contributed by atoms with Gasteiger partial charge in [-0.15, -0.1) is 5.10 Å². The molecule has 0 spiro atoms. The number of rotatable bonds is 6. The number of hydrogen-bond acceptors (Lipinski definition) is 5. The van der Waals surface area contributed by atoms with E-state index in [9.17, 15) is 14.7 Å². The van der Waals surface area contributed by atoms with Crippen molar-refractivity contribution in [1.82, 2.24) is 19.9 Å². The van der Waals surface area contributed by atoms with Gasteiger partial charge in [0.1, 0.15) is 12.1 Å². The number of aliphatic carboxylic acids is 1. The van der Waals surface area contributed by atoms with Crippen LogP contribution in [0.3, 0.4) is 0 Å². The molecule has 0 bridgehead atoms. The predicted octanol–water partition coefficient (Wildman–Crippen LogP) is -0.0173. The molecule has 2 heterocycles. The highest BCUT2D eigenvalue weighted by Crippen LogP contribution is 2.34. The van der Waals surface area contributed by atoms with Crippen molar-refractivity contribution in [3.63, 3.8) is 0 Å². The number of carboxylic acid groups (broad SMARTS) is 1. The normalized spacial score (nSPS) is 21.7. The molecule has 116 valence electrons. The van der Waals surface area contributed by atoms with Crippen molar-refractivity contribution in [2.75, 3.05) is 6.54 Å². The van der Waals surface area contributed by atoms with Gasteiger partial charge in [0.05, 0.1) is 11.9 Å². The van der Waals surface area contributed by atoms with Gasteiger partial charge in [0, 0.05) is 13.1 Å². The lowest BCUT2D eigenvalue weighted by Gasteiger charge is -2.34. The maximum Gasteiger partial charge on any atom is 0.329 e. The van der Waals surface area contributed by atoms with E-state index in [-0.39, 0.29) is 19.0 Å². The molecule has 1 aliphatic heterocycles. The van der Waals surface area contributed by atoms with E-state index < -0.39 is 11.5 Å². The van der Waals surface area contributed by atoms with Gasteiger partial charge in [-0.05, 0) is 19.3 Å². The summed E-state index contributed by atoms with van der Waals surface area (Å²) in [6.07, 6.45) is 4.02.